The molecule has 0 unspecified atom stereocenters. The first-order valence-corrected chi connectivity index (χ1v) is 5.58. The van der Waals surface area contributed by atoms with Crippen LogP contribution in [0.25, 0.3) is 0 Å². The van der Waals surface area contributed by atoms with Gasteiger partial charge in [-0.15, -0.1) is 0 Å². The highest BCUT2D eigenvalue weighted by molar-refractivity contribution is 5.31. The number of aryl methyl sites for hydroxylation is 1. The van der Waals surface area contributed by atoms with Crippen LogP contribution >= 0.6 is 0 Å². The summed E-state index contributed by atoms with van der Waals surface area (Å²) in [6, 6.07) is 0. The van der Waals surface area contributed by atoms with Crippen LogP contribution < -0.4 is 10.9 Å². The minimum atomic E-state index is -0.0890. The van der Waals surface area contributed by atoms with E-state index in [-0.39, 0.29) is 5.56 Å². The van der Waals surface area contributed by atoms with Crippen molar-refractivity contribution < 1.29 is 0 Å². The summed E-state index contributed by atoms with van der Waals surface area (Å²) in [6.07, 6.45) is 7.56. The number of H-pyrrole nitrogens is 1. The van der Waals surface area contributed by atoms with Crippen LogP contribution in [0.1, 0.15) is 19.0 Å². The van der Waals surface area contributed by atoms with Gasteiger partial charge in [0.05, 0.1) is 18.6 Å². The topological polar surface area (TPSA) is 75.6 Å². The van der Waals surface area contributed by atoms with Crippen molar-refractivity contribution in [1.82, 2.24) is 19.5 Å². The molecule has 6 nitrogen and oxygen atoms in total. The number of aromatic nitrogens is 4. The highest BCUT2D eigenvalue weighted by atomic mass is 16.1. The van der Waals surface area contributed by atoms with Crippen molar-refractivity contribution in [3.63, 3.8) is 0 Å². The van der Waals surface area contributed by atoms with Gasteiger partial charge in [0.2, 0.25) is 0 Å². The first-order chi connectivity index (χ1) is 8.31. The zero-order valence-electron chi connectivity index (χ0n) is 9.68. The van der Waals surface area contributed by atoms with E-state index in [1.807, 2.05) is 6.92 Å². The molecular formula is C11H15N5O. The quantitative estimate of drug-likeness (QED) is 0.807. The Bertz CT molecular complexity index is 517. The minimum absolute atomic E-state index is 0.0890. The zero-order valence-corrected chi connectivity index (χ0v) is 9.68. The lowest BCUT2D eigenvalue weighted by Crippen LogP contribution is -2.24. The van der Waals surface area contributed by atoms with Crippen LogP contribution in [0.3, 0.4) is 0 Å². The molecule has 6 heteroatoms. The third-order valence-electron chi connectivity index (χ3n) is 2.38. The summed E-state index contributed by atoms with van der Waals surface area (Å²) in [5, 5.41) is 3.00. The van der Waals surface area contributed by atoms with E-state index in [9.17, 15) is 4.79 Å². The molecule has 17 heavy (non-hydrogen) atoms. The van der Waals surface area contributed by atoms with E-state index in [4.69, 9.17) is 0 Å². The second kappa shape index (κ2) is 5.29. The maximum absolute atomic E-state index is 11.9. The van der Waals surface area contributed by atoms with Crippen LogP contribution in [0.5, 0.6) is 0 Å². The lowest BCUT2D eigenvalue weighted by atomic mass is 10.4. The average molecular weight is 233 g/mol. The molecule has 0 aliphatic carbocycles. The number of imidazole rings is 1. The molecule has 0 fully saturated rings. The van der Waals surface area contributed by atoms with Crippen LogP contribution in [0, 0.1) is 0 Å². The number of aromatic amines is 1. The third-order valence-corrected chi connectivity index (χ3v) is 2.38. The Morgan fingerprint density at radius 1 is 1.53 bits per heavy atom. The molecule has 0 aliphatic heterocycles. The van der Waals surface area contributed by atoms with E-state index in [0.717, 1.165) is 12.1 Å². The SMILES string of the molecule is CCCn1ccnc(NCc2cnc[nH]2)c1=O. The summed E-state index contributed by atoms with van der Waals surface area (Å²) < 4.78 is 1.66. The van der Waals surface area contributed by atoms with Gasteiger partial charge in [-0.05, 0) is 6.42 Å². The van der Waals surface area contributed by atoms with Crippen molar-refractivity contribution in [2.24, 2.45) is 0 Å². The van der Waals surface area contributed by atoms with Crippen LogP contribution in [0.2, 0.25) is 0 Å². The molecule has 2 rings (SSSR count). The van der Waals surface area contributed by atoms with Crippen molar-refractivity contribution in [2.75, 3.05) is 5.32 Å². The van der Waals surface area contributed by atoms with Crippen molar-refractivity contribution in [1.29, 1.82) is 0 Å². The van der Waals surface area contributed by atoms with E-state index >= 15 is 0 Å². The third kappa shape index (κ3) is 2.72. The van der Waals surface area contributed by atoms with E-state index < -0.39 is 0 Å². The summed E-state index contributed by atoms with van der Waals surface area (Å²) in [7, 11) is 0. The number of anilines is 1. The molecule has 2 heterocycles. The largest absolute Gasteiger partial charge is 0.360 e. The summed E-state index contributed by atoms with van der Waals surface area (Å²) in [6.45, 7) is 3.25. The normalized spacial score (nSPS) is 10.4. The number of nitrogens with zero attached hydrogens (tertiary/aromatic N) is 3. The van der Waals surface area contributed by atoms with Gasteiger partial charge in [0.15, 0.2) is 5.82 Å². The standard InChI is InChI=1S/C11H15N5O/c1-2-4-16-5-3-13-10(11(16)17)14-7-9-6-12-8-15-9/h3,5-6,8H,2,4,7H2,1H3,(H,12,15)(H,13,14). The van der Waals surface area contributed by atoms with Gasteiger partial charge in [-0.25, -0.2) is 9.97 Å². The summed E-state index contributed by atoms with van der Waals surface area (Å²) in [5.41, 5.74) is 0.825. The van der Waals surface area contributed by atoms with Crippen LogP contribution in [0.4, 0.5) is 5.82 Å². The van der Waals surface area contributed by atoms with Gasteiger partial charge < -0.3 is 14.9 Å². The second-order valence-electron chi connectivity index (χ2n) is 3.70. The molecular weight excluding hydrogens is 218 g/mol. The second-order valence-corrected chi connectivity index (χ2v) is 3.70. The Morgan fingerprint density at radius 2 is 2.41 bits per heavy atom. The molecule has 0 amide bonds. The first kappa shape index (κ1) is 11.4. The monoisotopic (exact) mass is 233 g/mol. The maximum Gasteiger partial charge on any atom is 0.293 e. The smallest absolute Gasteiger partial charge is 0.293 e. The van der Waals surface area contributed by atoms with E-state index in [2.05, 4.69) is 20.3 Å². The molecule has 2 N–H and O–H groups in total. The number of nitrogens with one attached hydrogen (secondary N) is 2. The van der Waals surface area contributed by atoms with Gasteiger partial charge >= 0.3 is 0 Å². The van der Waals surface area contributed by atoms with Crippen molar-refractivity contribution in [3.8, 4) is 0 Å². The summed E-state index contributed by atoms with van der Waals surface area (Å²) in [4.78, 5) is 22.8. The van der Waals surface area contributed by atoms with E-state index in [1.165, 1.54) is 0 Å². The zero-order chi connectivity index (χ0) is 12.1. The molecule has 2 aromatic heterocycles. The summed E-state index contributed by atoms with van der Waals surface area (Å²) >= 11 is 0. The molecule has 0 bridgehead atoms. The molecule has 90 valence electrons. The molecule has 0 saturated heterocycles. The molecule has 0 spiro atoms. The minimum Gasteiger partial charge on any atom is -0.360 e. The van der Waals surface area contributed by atoms with Gasteiger partial charge in [-0.1, -0.05) is 6.92 Å². The molecule has 0 aliphatic rings. The van der Waals surface area contributed by atoms with Crippen molar-refractivity contribution in [3.05, 3.63) is 41.0 Å². The highest BCUT2D eigenvalue weighted by Gasteiger charge is 2.03. The number of rotatable bonds is 5. The Labute approximate surface area is 98.7 Å². The molecule has 0 radical (unpaired) electrons. The van der Waals surface area contributed by atoms with Crippen LogP contribution in [-0.2, 0) is 13.1 Å². The van der Waals surface area contributed by atoms with E-state index in [0.29, 0.717) is 18.9 Å². The number of hydrogen-bond acceptors (Lipinski definition) is 4. The van der Waals surface area contributed by atoms with Gasteiger partial charge in [-0.3, -0.25) is 4.79 Å². The Hall–Kier alpha value is -2.11. The lowest BCUT2D eigenvalue weighted by molar-refractivity contribution is 0.649. The Balaban J connectivity index is 2.10. The highest BCUT2D eigenvalue weighted by Crippen LogP contribution is 1.98. The van der Waals surface area contributed by atoms with Gasteiger partial charge in [0, 0.05) is 25.1 Å². The predicted molar refractivity (Wildman–Crippen MR) is 64.7 cm³/mol. The Kier molecular flexibility index (Phi) is 3.54. The maximum atomic E-state index is 11.9. The average Bonchev–Trinajstić information content (AvgIpc) is 2.83. The molecule has 0 atom stereocenters. The molecule has 2 aromatic rings. The van der Waals surface area contributed by atoms with Gasteiger partial charge in [-0.2, -0.15) is 0 Å². The fraction of sp³-hybridized carbons (Fsp3) is 0.364. The van der Waals surface area contributed by atoms with Crippen molar-refractivity contribution >= 4 is 5.82 Å². The Morgan fingerprint density at radius 3 is 3.12 bits per heavy atom. The lowest BCUT2D eigenvalue weighted by Gasteiger charge is -2.07. The molecule has 0 saturated carbocycles. The fourth-order valence-electron chi connectivity index (χ4n) is 1.55. The van der Waals surface area contributed by atoms with Crippen LogP contribution in [-0.4, -0.2) is 19.5 Å². The number of hydrogen-bond donors (Lipinski definition) is 2. The first-order valence-electron chi connectivity index (χ1n) is 5.58. The van der Waals surface area contributed by atoms with Crippen molar-refractivity contribution in [2.45, 2.75) is 26.4 Å². The molecule has 0 aromatic carbocycles. The fourth-order valence-corrected chi connectivity index (χ4v) is 1.55. The van der Waals surface area contributed by atoms with Gasteiger partial charge in [0.25, 0.3) is 5.56 Å². The van der Waals surface area contributed by atoms with E-state index in [1.54, 1.807) is 29.5 Å². The van der Waals surface area contributed by atoms with Crippen LogP contribution in [0.15, 0.2) is 29.7 Å². The summed E-state index contributed by atoms with van der Waals surface area (Å²) in [5.74, 6) is 0.371. The van der Waals surface area contributed by atoms with Gasteiger partial charge in [0.1, 0.15) is 0 Å². The predicted octanol–water partition coefficient (Wildman–Crippen LogP) is 0.988.